The second-order valence-corrected chi connectivity index (χ2v) is 5.07. The zero-order valence-corrected chi connectivity index (χ0v) is 11.4. The highest BCUT2D eigenvalue weighted by Gasteiger charge is 2.15. The van der Waals surface area contributed by atoms with Gasteiger partial charge in [-0.3, -0.25) is 4.98 Å². The van der Waals surface area contributed by atoms with E-state index in [-0.39, 0.29) is 0 Å². The molecule has 4 rings (SSSR count). The molecule has 7 nitrogen and oxygen atoms in total. The Bertz CT molecular complexity index is 761. The van der Waals surface area contributed by atoms with E-state index >= 15 is 0 Å². The van der Waals surface area contributed by atoms with Crippen LogP contribution in [0.1, 0.15) is 6.42 Å². The summed E-state index contributed by atoms with van der Waals surface area (Å²) in [6.45, 7) is 2.01. The maximum Gasteiger partial charge on any atom is 0.164 e. The SMILES string of the molecule is c1cnc2c(-c3cncc(N[C@@H]4CCNC4)n3)cnn2c1. The second-order valence-electron chi connectivity index (χ2n) is 5.07. The minimum Gasteiger partial charge on any atom is -0.365 e. The zero-order chi connectivity index (χ0) is 14.1. The number of aromatic nitrogens is 5. The van der Waals surface area contributed by atoms with Gasteiger partial charge in [-0.25, -0.2) is 14.5 Å². The Morgan fingerprint density at radius 1 is 1.29 bits per heavy atom. The smallest absolute Gasteiger partial charge is 0.164 e. The molecule has 106 valence electrons. The average Bonchev–Trinajstić information content (AvgIpc) is 3.16. The number of nitrogens with one attached hydrogen (secondary N) is 2. The van der Waals surface area contributed by atoms with Gasteiger partial charge in [0, 0.05) is 25.0 Å². The quantitative estimate of drug-likeness (QED) is 0.744. The van der Waals surface area contributed by atoms with E-state index in [1.807, 2.05) is 12.3 Å². The lowest BCUT2D eigenvalue weighted by atomic mass is 10.2. The molecule has 0 aromatic carbocycles. The monoisotopic (exact) mass is 281 g/mol. The minimum absolute atomic E-state index is 0.414. The van der Waals surface area contributed by atoms with Crippen LogP contribution in [0.5, 0.6) is 0 Å². The summed E-state index contributed by atoms with van der Waals surface area (Å²) in [5.41, 5.74) is 2.45. The first-order chi connectivity index (χ1) is 10.4. The average molecular weight is 281 g/mol. The number of hydrogen-bond donors (Lipinski definition) is 2. The van der Waals surface area contributed by atoms with Gasteiger partial charge in [0.2, 0.25) is 0 Å². The summed E-state index contributed by atoms with van der Waals surface area (Å²) in [6, 6.07) is 2.26. The van der Waals surface area contributed by atoms with Gasteiger partial charge in [-0.1, -0.05) is 0 Å². The fourth-order valence-corrected chi connectivity index (χ4v) is 2.56. The Kier molecular flexibility index (Phi) is 2.97. The van der Waals surface area contributed by atoms with Crippen molar-refractivity contribution in [2.45, 2.75) is 12.5 Å². The molecular weight excluding hydrogens is 266 g/mol. The van der Waals surface area contributed by atoms with E-state index < -0.39 is 0 Å². The molecule has 1 fully saturated rings. The maximum absolute atomic E-state index is 4.63. The standard InChI is InChI=1S/C14H15N7/c1-3-17-14-11(7-18-21(14)5-1)12-8-16-9-13(20-12)19-10-2-4-15-6-10/h1,3,5,7-10,15H,2,4,6H2,(H,19,20)/t10-/m1/s1. The predicted molar refractivity (Wildman–Crippen MR) is 78.9 cm³/mol. The second kappa shape index (κ2) is 5.10. The van der Waals surface area contributed by atoms with Gasteiger partial charge in [0.05, 0.1) is 29.8 Å². The molecule has 4 heterocycles. The van der Waals surface area contributed by atoms with Crippen molar-refractivity contribution in [2.24, 2.45) is 0 Å². The molecule has 1 saturated heterocycles. The van der Waals surface area contributed by atoms with E-state index in [1.165, 1.54) is 0 Å². The summed E-state index contributed by atoms with van der Waals surface area (Å²) in [6.07, 6.45) is 9.98. The lowest BCUT2D eigenvalue weighted by Gasteiger charge is -2.11. The molecule has 0 radical (unpaired) electrons. The molecule has 0 aliphatic carbocycles. The third-order valence-electron chi connectivity index (χ3n) is 3.60. The van der Waals surface area contributed by atoms with Gasteiger partial charge >= 0.3 is 0 Å². The maximum atomic E-state index is 4.63. The van der Waals surface area contributed by atoms with Gasteiger partial charge in [-0.2, -0.15) is 5.10 Å². The molecule has 2 N–H and O–H groups in total. The number of nitrogens with zero attached hydrogens (tertiary/aromatic N) is 5. The van der Waals surface area contributed by atoms with Crippen molar-refractivity contribution in [1.29, 1.82) is 0 Å². The van der Waals surface area contributed by atoms with Gasteiger partial charge < -0.3 is 10.6 Å². The van der Waals surface area contributed by atoms with E-state index in [9.17, 15) is 0 Å². The third kappa shape index (κ3) is 2.31. The molecule has 1 aliphatic rings. The third-order valence-corrected chi connectivity index (χ3v) is 3.60. The van der Waals surface area contributed by atoms with E-state index in [1.54, 1.807) is 29.3 Å². The van der Waals surface area contributed by atoms with Gasteiger partial charge in [0.1, 0.15) is 5.82 Å². The summed E-state index contributed by atoms with van der Waals surface area (Å²) in [5, 5.41) is 11.0. The Morgan fingerprint density at radius 2 is 2.29 bits per heavy atom. The highest BCUT2D eigenvalue weighted by molar-refractivity contribution is 5.74. The van der Waals surface area contributed by atoms with Gasteiger partial charge in [-0.05, 0) is 19.0 Å². The van der Waals surface area contributed by atoms with Crippen molar-refractivity contribution in [1.82, 2.24) is 29.9 Å². The fourth-order valence-electron chi connectivity index (χ4n) is 2.56. The molecule has 0 amide bonds. The van der Waals surface area contributed by atoms with Crippen molar-refractivity contribution >= 4 is 11.5 Å². The summed E-state index contributed by atoms with van der Waals surface area (Å²) < 4.78 is 1.73. The van der Waals surface area contributed by atoms with Gasteiger partial charge in [-0.15, -0.1) is 0 Å². The van der Waals surface area contributed by atoms with Crippen LogP contribution in [0.25, 0.3) is 16.9 Å². The van der Waals surface area contributed by atoms with Crippen LogP contribution in [0.15, 0.2) is 37.1 Å². The first-order valence-corrected chi connectivity index (χ1v) is 6.98. The molecule has 21 heavy (non-hydrogen) atoms. The molecule has 3 aromatic heterocycles. The van der Waals surface area contributed by atoms with E-state index in [0.29, 0.717) is 6.04 Å². The summed E-state index contributed by atoms with van der Waals surface area (Å²) in [4.78, 5) is 13.3. The van der Waals surface area contributed by atoms with Crippen LogP contribution in [0.2, 0.25) is 0 Å². The number of fused-ring (bicyclic) bond motifs is 1. The predicted octanol–water partition coefficient (Wildman–Crippen LogP) is 0.960. The molecule has 1 aliphatic heterocycles. The Labute approximate surface area is 121 Å². The molecule has 7 heteroatoms. The van der Waals surface area contributed by atoms with Crippen molar-refractivity contribution < 1.29 is 0 Å². The molecule has 3 aromatic rings. The summed E-state index contributed by atoms with van der Waals surface area (Å²) in [5.74, 6) is 0.788. The van der Waals surface area contributed by atoms with E-state index in [2.05, 4.69) is 30.7 Å². The molecule has 1 atom stereocenters. The van der Waals surface area contributed by atoms with Crippen LogP contribution in [0.3, 0.4) is 0 Å². The molecular formula is C14H15N7. The van der Waals surface area contributed by atoms with Crippen LogP contribution in [-0.4, -0.2) is 43.7 Å². The zero-order valence-electron chi connectivity index (χ0n) is 11.4. The van der Waals surface area contributed by atoms with Crippen LogP contribution in [0, 0.1) is 0 Å². The fraction of sp³-hybridized carbons (Fsp3) is 0.286. The number of anilines is 1. The van der Waals surface area contributed by atoms with Crippen LogP contribution >= 0.6 is 0 Å². The van der Waals surface area contributed by atoms with Crippen molar-refractivity contribution in [2.75, 3.05) is 18.4 Å². The normalized spacial score (nSPS) is 18.2. The molecule has 0 spiro atoms. The Morgan fingerprint density at radius 3 is 3.19 bits per heavy atom. The van der Waals surface area contributed by atoms with E-state index in [4.69, 9.17) is 0 Å². The molecule has 0 saturated carbocycles. The highest BCUT2D eigenvalue weighted by atomic mass is 15.2. The lowest BCUT2D eigenvalue weighted by Crippen LogP contribution is -2.22. The minimum atomic E-state index is 0.414. The Balaban J connectivity index is 1.68. The number of rotatable bonds is 3. The first kappa shape index (κ1) is 12.2. The van der Waals surface area contributed by atoms with E-state index in [0.717, 1.165) is 42.2 Å². The lowest BCUT2D eigenvalue weighted by molar-refractivity contribution is 0.787. The topological polar surface area (TPSA) is 80.0 Å². The van der Waals surface area contributed by atoms with Gasteiger partial charge in [0.15, 0.2) is 5.65 Å². The largest absolute Gasteiger partial charge is 0.365 e. The van der Waals surface area contributed by atoms with Crippen LogP contribution in [0.4, 0.5) is 5.82 Å². The van der Waals surface area contributed by atoms with Crippen molar-refractivity contribution in [3.05, 3.63) is 37.1 Å². The van der Waals surface area contributed by atoms with Crippen LogP contribution < -0.4 is 10.6 Å². The molecule has 0 bridgehead atoms. The first-order valence-electron chi connectivity index (χ1n) is 6.98. The Hall–Kier alpha value is -2.54. The van der Waals surface area contributed by atoms with Crippen LogP contribution in [-0.2, 0) is 0 Å². The number of hydrogen-bond acceptors (Lipinski definition) is 6. The highest BCUT2D eigenvalue weighted by Crippen LogP contribution is 2.21. The van der Waals surface area contributed by atoms with Crippen molar-refractivity contribution in [3.63, 3.8) is 0 Å². The van der Waals surface area contributed by atoms with Crippen molar-refractivity contribution in [3.8, 4) is 11.3 Å². The molecule has 0 unspecified atom stereocenters. The van der Waals surface area contributed by atoms with Gasteiger partial charge in [0.25, 0.3) is 0 Å². The summed E-state index contributed by atoms with van der Waals surface area (Å²) >= 11 is 0. The summed E-state index contributed by atoms with van der Waals surface area (Å²) in [7, 11) is 0.